The van der Waals surface area contributed by atoms with Gasteiger partial charge in [-0.1, -0.05) is 63.2 Å². The van der Waals surface area contributed by atoms with E-state index < -0.39 is 0 Å². The number of nitrogens with zero attached hydrogens (tertiary/aromatic N) is 3. The molecule has 0 aliphatic carbocycles. The van der Waals surface area contributed by atoms with Gasteiger partial charge in [0.15, 0.2) is 0 Å². The van der Waals surface area contributed by atoms with Crippen LogP contribution in [0.15, 0.2) is 34.1 Å². The molecular formula is C22H28N4O3S2. The number of thiocarbonyl (C=S) groups is 1. The van der Waals surface area contributed by atoms with Crippen molar-refractivity contribution in [3.63, 3.8) is 0 Å². The van der Waals surface area contributed by atoms with E-state index in [0.717, 1.165) is 25.7 Å². The second-order valence-electron chi connectivity index (χ2n) is 7.47. The zero-order valence-electron chi connectivity index (χ0n) is 17.8. The number of aliphatic hydroxyl groups is 1. The number of pyridine rings is 1. The number of hydrogen-bond acceptors (Lipinski definition) is 7. The fourth-order valence-corrected chi connectivity index (χ4v) is 4.76. The first-order chi connectivity index (χ1) is 15.0. The molecule has 2 aromatic rings. The van der Waals surface area contributed by atoms with Gasteiger partial charge in [-0.25, -0.2) is 4.98 Å². The summed E-state index contributed by atoms with van der Waals surface area (Å²) >= 11 is 6.70. The number of aromatic nitrogens is 2. The van der Waals surface area contributed by atoms with E-state index >= 15 is 0 Å². The van der Waals surface area contributed by atoms with Crippen molar-refractivity contribution in [1.82, 2.24) is 14.3 Å². The quantitative estimate of drug-likeness (QED) is 0.414. The number of amides is 1. The van der Waals surface area contributed by atoms with Crippen molar-refractivity contribution < 1.29 is 9.90 Å². The van der Waals surface area contributed by atoms with Crippen molar-refractivity contribution in [2.45, 2.75) is 39.5 Å². The molecule has 2 aromatic heterocycles. The summed E-state index contributed by atoms with van der Waals surface area (Å²) in [6, 6.07) is 5.28. The summed E-state index contributed by atoms with van der Waals surface area (Å²) in [4.78, 5) is 32.8. The third-order valence-corrected chi connectivity index (χ3v) is 6.68. The number of unbranched alkanes of at least 4 members (excludes halogenated alkanes) is 1. The summed E-state index contributed by atoms with van der Waals surface area (Å²) in [5.74, 6) is 0.567. The van der Waals surface area contributed by atoms with Crippen LogP contribution in [0, 0.1) is 5.92 Å². The average Bonchev–Trinajstić information content (AvgIpc) is 3.04. The van der Waals surface area contributed by atoms with Crippen LogP contribution in [0.2, 0.25) is 0 Å². The minimum atomic E-state index is -0.286. The van der Waals surface area contributed by atoms with Crippen molar-refractivity contribution in [2.24, 2.45) is 5.92 Å². The molecule has 3 rings (SSSR count). The van der Waals surface area contributed by atoms with E-state index in [-0.39, 0.29) is 30.2 Å². The molecule has 3 heterocycles. The van der Waals surface area contributed by atoms with Crippen LogP contribution in [0.4, 0.5) is 5.82 Å². The first-order valence-electron chi connectivity index (χ1n) is 10.6. The standard InChI is InChI=1S/C22H28N4O3S2/c1-3-5-8-15(4-2)14-26-21(29)17(31-22(26)30)13-16-19(23-10-12-27)24-18-9-6-7-11-25(18)20(16)28/h6-7,9,11,13,15,23,27H,3-5,8,10,12,14H2,1-2H3. The summed E-state index contributed by atoms with van der Waals surface area (Å²) in [6.07, 6.45) is 7.51. The molecule has 1 aliphatic heterocycles. The number of carbonyl (C=O) groups is 1. The van der Waals surface area contributed by atoms with Crippen molar-refractivity contribution in [2.75, 3.05) is 25.0 Å². The molecule has 1 fully saturated rings. The predicted octanol–water partition coefficient (Wildman–Crippen LogP) is 3.52. The number of hydrogen-bond donors (Lipinski definition) is 2. The Labute approximate surface area is 191 Å². The highest BCUT2D eigenvalue weighted by Gasteiger charge is 2.33. The van der Waals surface area contributed by atoms with Gasteiger partial charge in [-0.3, -0.25) is 18.9 Å². The molecule has 0 aromatic carbocycles. The van der Waals surface area contributed by atoms with Gasteiger partial charge in [-0.05, 0) is 30.5 Å². The van der Waals surface area contributed by atoms with Crippen LogP contribution in [0.3, 0.4) is 0 Å². The molecule has 1 aliphatic rings. The highest BCUT2D eigenvalue weighted by Crippen LogP contribution is 2.34. The van der Waals surface area contributed by atoms with Gasteiger partial charge in [0.05, 0.1) is 17.1 Å². The largest absolute Gasteiger partial charge is 0.395 e. The fraction of sp³-hybridized carbons (Fsp3) is 0.455. The van der Waals surface area contributed by atoms with E-state index in [1.54, 1.807) is 35.4 Å². The van der Waals surface area contributed by atoms with E-state index in [4.69, 9.17) is 12.2 Å². The summed E-state index contributed by atoms with van der Waals surface area (Å²) in [5.41, 5.74) is 0.473. The van der Waals surface area contributed by atoms with Crippen LogP contribution >= 0.6 is 24.0 Å². The highest BCUT2D eigenvalue weighted by atomic mass is 32.2. The second-order valence-corrected chi connectivity index (χ2v) is 9.14. The van der Waals surface area contributed by atoms with Gasteiger partial charge in [0.1, 0.15) is 15.8 Å². The van der Waals surface area contributed by atoms with E-state index in [1.807, 2.05) is 0 Å². The second kappa shape index (κ2) is 10.9. The molecule has 0 spiro atoms. The molecule has 1 atom stereocenters. The number of rotatable bonds is 10. The van der Waals surface area contributed by atoms with Gasteiger partial charge in [-0.15, -0.1) is 0 Å². The molecular weight excluding hydrogens is 432 g/mol. The number of nitrogens with one attached hydrogen (secondary N) is 1. The lowest BCUT2D eigenvalue weighted by Gasteiger charge is -2.21. The maximum absolute atomic E-state index is 13.1. The third-order valence-electron chi connectivity index (χ3n) is 5.31. The normalized spacial score (nSPS) is 16.5. The smallest absolute Gasteiger partial charge is 0.267 e. The van der Waals surface area contributed by atoms with Crippen molar-refractivity contribution in [1.29, 1.82) is 0 Å². The number of fused-ring (bicyclic) bond motifs is 1. The Morgan fingerprint density at radius 3 is 2.84 bits per heavy atom. The summed E-state index contributed by atoms with van der Waals surface area (Å²) in [5, 5.41) is 12.2. The first kappa shape index (κ1) is 23.4. The van der Waals surface area contributed by atoms with E-state index in [9.17, 15) is 14.7 Å². The van der Waals surface area contributed by atoms with Crippen LogP contribution in [0.5, 0.6) is 0 Å². The number of aliphatic hydroxyl groups excluding tert-OH is 1. The Bertz CT molecular complexity index is 1050. The fourth-order valence-electron chi connectivity index (χ4n) is 3.51. The Balaban J connectivity index is 1.95. The van der Waals surface area contributed by atoms with Crippen LogP contribution in [-0.4, -0.2) is 49.3 Å². The molecule has 0 saturated carbocycles. The zero-order chi connectivity index (χ0) is 22.4. The molecule has 0 bridgehead atoms. The Morgan fingerprint density at radius 1 is 1.32 bits per heavy atom. The van der Waals surface area contributed by atoms with Crippen LogP contribution in [0.25, 0.3) is 11.7 Å². The molecule has 1 amide bonds. The molecule has 9 heteroatoms. The van der Waals surface area contributed by atoms with Crippen LogP contribution < -0.4 is 10.9 Å². The molecule has 7 nitrogen and oxygen atoms in total. The zero-order valence-corrected chi connectivity index (χ0v) is 19.5. The average molecular weight is 461 g/mol. The predicted molar refractivity (Wildman–Crippen MR) is 130 cm³/mol. The minimum absolute atomic E-state index is 0.104. The lowest BCUT2D eigenvalue weighted by molar-refractivity contribution is -0.122. The van der Waals surface area contributed by atoms with Gasteiger partial charge >= 0.3 is 0 Å². The molecule has 1 saturated heterocycles. The SMILES string of the molecule is CCCCC(CC)CN1C(=O)C(=Cc2c(NCCO)nc3ccccn3c2=O)SC1=S. The number of carbonyl (C=O) groups excluding carboxylic acids is 1. The summed E-state index contributed by atoms with van der Waals surface area (Å²) in [6.45, 7) is 5.03. The van der Waals surface area contributed by atoms with Gasteiger partial charge < -0.3 is 10.4 Å². The maximum Gasteiger partial charge on any atom is 0.267 e. The summed E-state index contributed by atoms with van der Waals surface area (Å²) < 4.78 is 1.96. The topological polar surface area (TPSA) is 86.9 Å². The van der Waals surface area contributed by atoms with Crippen LogP contribution in [0.1, 0.15) is 45.1 Å². The molecule has 31 heavy (non-hydrogen) atoms. The lowest BCUT2D eigenvalue weighted by atomic mass is 9.99. The van der Waals surface area contributed by atoms with Gasteiger partial charge in [0, 0.05) is 19.3 Å². The van der Waals surface area contributed by atoms with Gasteiger partial charge in [0.25, 0.3) is 11.5 Å². The number of anilines is 1. The van der Waals surface area contributed by atoms with E-state index in [2.05, 4.69) is 24.1 Å². The lowest BCUT2D eigenvalue weighted by Crippen LogP contribution is -2.33. The third kappa shape index (κ3) is 5.34. The minimum Gasteiger partial charge on any atom is -0.395 e. The summed E-state index contributed by atoms with van der Waals surface area (Å²) in [7, 11) is 0. The Kier molecular flexibility index (Phi) is 8.22. The first-order valence-corrected chi connectivity index (χ1v) is 11.8. The highest BCUT2D eigenvalue weighted by molar-refractivity contribution is 8.26. The molecule has 1 unspecified atom stereocenters. The van der Waals surface area contributed by atoms with Gasteiger partial charge in [-0.2, -0.15) is 0 Å². The molecule has 0 radical (unpaired) electrons. The van der Waals surface area contributed by atoms with Crippen molar-refractivity contribution >= 4 is 51.7 Å². The van der Waals surface area contributed by atoms with Crippen molar-refractivity contribution in [3.05, 3.63) is 45.2 Å². The van der Waals surface area contributed by atoms with E-state index in [1.165, 1.54) is 16.2 Å². The monoisotopic (exact) mass is 460 g/mol. The Morgan fingerprint density at radius 2 is 2.13 bits per heavy atom. The maximum atomic E-state index is 13.1. The van der Waals surface area contributed by atoms with E-state index in [0.29, 0.717) is 33.2 Å². The van der Waals surface area contributed by atoms with Gasteiger partial charge in [0.2, 0.25) is 0 Å². The number of thioether (sulfide) groups is 1. The Hall–Kier alpha value is -2.23. The van der Waals surface area contributed by atoms with Crippen LogP contribution in [-0.2, 0) is 4.79 Å². The molecule has 166 valence electrons. The van der Waals surface area contributed by atoms with Crippen molar-refractivity contribution in [3.8, 4) is 0 Å². The molecule has 2 N–H and O–H groups in total.